The molecule has 0 spiro atoms. The lowest BCUT2D eigenvalue weighted by atomic mass is 10.1. The van der Waals surface area contributed by atoms with Crippen molar-refractivity contribution in [3.05, 3.63) is 58.3 Å². The molecule has 0 amide bonds. The van der Waals surface area contributed by atoms with Gasteiger partial charge < -0.3 is 15.3 Å². The molecular weight excluding hydrogens is 314 g/mol. The van der Waals surface area contributed by atoms with Crippen LogP contribution in [0.4, 0.5) is 0 Å². The number of fused-ring (bicyclic) bond motifs is 2. The summed E-state index contributed by atoms with van der Waals surface area (Å²) in [5, 5.41) is 29.6. The van der Waals surface area contributed by atoms with Gasteiger partial charge in [0.2, 0.25) is 0 Å². The highest BCUT2D eigenvalue weighted by Gasteiger charge is 2.25. The first-order chi connectivity index (χ1) is 11.1. The third kappa shape index (κ3) is 2.87. The smallest absolute Gasteiger partial charge is 0.195 e. The normalized spacial score (nSPS) is 12.1. The Bertz CT molecular complexity index is 894. The van der Waals surface area contributed by atoms with Crippen LogP contribution >= 0.6 is 11.3 Å². The topological polar surface area (TPSA) is 77.8 Å². The van der Waals surface area contributed by atoms with Crippen molar-refractivity contribution >= 4 is 31.5 Å². The van der Waals surface area contributed by atoms with Gasteiger partial charge in [0.15, 0.2) is 25.6 Å². The first-order valence-corrected chi connectivity index (χ1v) is 8.06. The number of rotatable bonds is 5. The summed E-state index contributed by atoms with van der Waals surface area (Å²) in [5.74, 6) is 0. The van der Waals surface area contributed by atoms with Gasteiger partial charge in [-0.2, -0.15) is 0 Å². The fraction of sp³-hybridized carbons (Fsp3) is 0.235. The Morgan fingerprint density at radius 2 is 1.52 bits per heavy atom. The van der Waals surface area contributed by atoms with E-state index in [9.17, 15) is 20.1 Å². The molecule has 0 saturated carbocycles. The third-order valence-corrected chi connectivity index (χ3v) is 5.21. The fourth-order valence-electron chi connectivity index (χ4n) is 2.62. The van der Waals surface area contributed by atoms with Gasteiger partial charge in [0.1, 0.15) is 6.54 Å². The number of hydrogen-bond donors (Lipinski definition) is 3. The number of quaternary nitrogens is 1. The number of aliphatic hydroxyl groups is 3. The molecule has 0 radical (unpaired) electrons. The molecule has 3 rings (SSSR count). The Morgan fingerprint density at radius 1 is 0.870 bits per heavy atom. The largest absolute Gasteiger partial charge is 0.347 e. The minimum absolute atomic E-state index is 0.0219. The Kier molecular flexibility index (Phi) is 4.43. The van der Waals surface area contributed by atoms with Gasteiger partial charge in [-0.05, 0) is 24.3 Å². The number of hydrogen-bond acceptors (Lipinski definition) is 5. The SMILES string of the molecule is O=c1c2ccccc2sc2ccc(C[N+](CO)(CO)CO)cc12. The zero-order valence-corrected chi connectivity index (χ0v) is 13.3. The predicted molar refractivity (Wildman–Crippen MR) is 90.8 cm³/mol. The van der Waals surface area contributed by atoms with Gasteiger partial charge in [-0.3, -0.25) is 9.28 Å². The Labute approximate surface area is 136 Å². The number of nitrogens with zero attached hydrogens (tertiary/aromatic N) is 1. The van der Waals surface area contributed by atoms with Gasteiger partial charge >= 0.3 is 0 Å². The van der Waals surface area contributed by atoms with Crippen LogP contribution in [0.1, 0.15) is 5.56 Å². The van der Waals surface area contributed by atoms with Gasteiger partial charge in [-0.25, -0.2) is 0 Å². The van der Waals surface area contributed by atoms with E-state index in [0.29, 0.717) is 10.8 Å². The summed E-state index contributed by atoms with van der Waals surface area (Å²) in [6.07, 6.45) is 0. The Morgan fingerprint density at radius 3 is 2.22 bits per heavy atom. The van der Waals surface area contributed by atoms with E-state index in [0.717, 1.165) is 15.0 Å². The lowest BCUT2D eigenvalue weighted by molar-refractivity contribution is -0.988. The summed E-state index contributed by atoms with van der Waals surface area (Å²) in [7, 11) is 0. The monoisotopic (exact) mass is 332 g/mol. The van der Waals surface area contributed by atoms with Gasteiger partial charge in [0.25, 0.3) is 0 Å². The van der Waals surface area contributed by atoms with E-state index in [-0.39, 0.29) is 36.6 Å². The summed E-state index contributed by atoms with van der Waals surface area (Å²) in [6, 6.07) is 13.0. The molecular formula is C17H18NO4S+. The van der Waals surface area contributed by atoms with Gasteiger partial charge in [0, 0.05) is 25.7 Å². The summed E-state index contributed by atoms with van der Waals surface area (Å²) in [5.41, 5.74) is 0.764. The van der Waals surface area contributed by atoms with Crippen molar-refractivity contribution in [2.24, 2.45) is 0 Å². The molecule has 120 valence electrons. The molecule has 23 heavy (non-hydrogen) atoms. The fourth-order valence-corrected chi connectivity index (χ4v) is 3.67. The van der Waals surface area contributed by atoms with Crippen molar-refractivity contribution < 1.29 is 19.8 Å². The first kappa shape index (κ1) is 16.0. The van der Waals surface area contributed by atoms with Crippen molar-refractivity contribution in [2.45, 2.75) is 6.54 Å². The number of benzene rings is 2. The van der Waals surface area contributed by atoms with Crippen molar-refractivity contribution in [3.8, 4) is 0 Å². The zero-order valence-electron chi connectivity index (χ0n) is 12.5. The molecule has 0 aliphatic heterocycles. The van der Waals surface area contributed by atoms with Crippen molar-refractivity contribution in [1.82, 2.24) is 0 Å². The molecule has 0 aliphatic rings. The van der Waals surface area contributed by atoms with Crippen LogP contribution < -0.4 is 5.43 Å². The first-order valence-electron chi connectivity index (χ1n) is 7.24. The third-order valence-electron chi connectivity index (χ3n) is 4.06. The van der Waals surface area contributed by atoms with Crippen LogP contribution in [0.3, 0.4) is 0 Å². The molecule has 6 heteroatoms. The zero-order chi connectivity index (χ0) is 16.4. The van der Waals surface area contributed by atoms with Crippen LogP contribution in [0.25, 0.3) is 20.2 Å². The Hall–Kier alpha value is -1.83. The minimum atomic E-state index is -0.379. The van der Waals surface area contributed by atoms with E-state index in [1.54, 1.807) is 17.4 Å². The Balaban J connectivity index is 2.13. The standard InChI is InChI=1S/C17H18NO4S/c19-9-18(10-20,11-21)8-12-5-6-16-14(7-12)17(22)13-3-1-2-4-15(13)23-16/h1-7,19-21H,8-11H2/q+1. The van der Waals surface area contributed by atoms with Crippen molar-refractivity contribution in [2.75, 3.05) is 20.2 Å². The molecule has 5 nitrogen and oxygen atoms in total. The van der Waals surface area contributed by atoms with Gasteiger partial charge in [-0.1, -0.05) is 18.2 Å². The van der Waals surface area contributed by atoms with Gasteiger partial charge in [0.05, 0.1) is 0 Å². The molecule has 0 unspecified atom stereocenters. The molecule has 3 N–H and O–H groups in total. The van der Waals surface area contributed by atoms with Crippen LogP contribution in [-0.2, 0) is 6.54 Å². The quantitative estimate of drug-likeness (QED) is 0.377. The van der Waals surface area contributed by atoms with Crippen molar-refractivity contribution in [1.29, 1.82) is 0 Å². The van der Waals surface area contributed by atoms with Crippen molar-refractivity contribution in [3.63, 3.8) is 0 Å². The van der Waals surface area contributed by atoms with Crippen LogP contribution in [0, 0.1) is 0 Å². The van der Waals surface area contributed by atoms with E-state index < -0.39 is 0 Å². The van der Waals surface area contributed by atoms with E-state index in [1.165, 1.54) is 0 Å². The second-order valence-corrected chi connectivity index (χ2v) is 6.77. The molecule has 0 saturated heterocycles. The van der Waals surface area contributed by atoms with Gasteiger partial charge in [-0.15, -0.1) is 11.3 Å². The highest BCUT2D eigenvalue weighted by molar-refractivity contribution is 7.24. The molecule has 2 aromatic carbocycles. The number of aliphatic hydroxyl groups excluding tert-OH is 3. The second-order valence-electron chi connectivity index (χ2n) is 5.68. The maximum Gasteiger partial charge on any atom is 0.195 e. The van der Waals surface area contributed by atoms with Crippen LogP contribution in [0.5, 0.6) is 0 Å². The highest BCUT2D eigenvalue weighted by atomic mass is 32.1. The molecule has 0 aliphatic carbocycles. The van der Waals surface area contributed by atoms with Crippen LogP contribution in [0.2, 0.25) is 0 Å². The summed E-state index contributed by atoms with van der Waals surface area (Å²) in [4.78, 5) is 12.7. The minimum Gasteiger partial charge on any atom is -0.347 e. The van der Waals surface area contributed by atoms with E-state index in [1.807, 2.05) is 36.4 Å². The highest BCUT2D eigenvalue weighted by Crippen LogP contribution is 2.26. The molecule has 0 bridgehead atoms. The average molecular weight is 332 g/mol. The lowest BCUT2D eigenvalue weighted by Gasteiger charge is -2.31. The lowest BCUT2D eigenvalue weighted by Crippen LogP contribution is -2.49. The maximum absolute atomic E-state index is 12.7. The summed E-state index contributed by atoms with van der Waals surface area (Å²) in [6.45, 7) is -0.892. The average Bonchev–Trinajstić information content (AvgIpc) is 2.60. The maximum atomic E-state index is 12.7. The molecule has 0 atom stereocenters. The van der Waals surface area contributed by atoms with Crippen LogP contribution in [-0.4, -0.2) is 40.0 Å². The van der Waals surface area contributed by atoms with E-state index in [2.05, 4.69) is 0 Å². The summed E-state index contributed by atoms with van der Waals surface area (Å²) < 4.78 is 1.58. The molecule has 1 heterocycles. The predicted octanol–water partition coefficient (Wildman–Crippen LogP) is 1.58. The second kappa shape index (κ2) is 6.35. The molecule has 0 fully saturated rings. The molecule has 1 aromatic heterocycles. The van der Waals surface area contributed by atoms with E-state index in [4.69, 9.17) is 0 Å². The van der Waals surface area contributed by atoms with E-state index >= 15 is 0 Å². The summed E-state index contributed by atoms with van der Waals surface area (Å²) >= 11 is 1.56. The molecule has 3 aromatic rings. The van der Waals surface area contributed by atoms with Crippen LogP contribution in [0.15, 0.2) is 47.3 Å².